The van der Waals surface area contributed by atoms with Crippen molar-refractivity contribution in [2.24, 2.45) is 5.92 Å². The molecule has 30 heavy (non-hydrogen) atoms. The van der Waals surface area contributed by atoms with Gasteiger partial charge in [0.05, 0.1) is 12.2 Å². The van der Waals surface area contributed by atoms with E-state index in [9.17, 15) is 14.4 Å². The number of nitrogens with one attached hydrogen (secondary N) is 1. The molecule has 1 aromatic heterocycles. The van der Waals surface area contributed by atoms with Gasteiger partial charge in [-0.15, -0.1) is 0 Å². The van der Waals surface area contributed by atoms with Crippen molar-refractivity contribution in [1.82, 2.24) is 14.8 Å². The number of aromatic nitrogens is 1. The van der Waals surface area contributed by atoms with Crippen molar-refractivity contribution in [2.45, 2.75) is 65.7 Å². The first-order valence-corrected chi connectivity index (χ1v) is 11.4. The number of ether oxygens (including phenoxy) is 1. The number of rotatable bonds is 5. The van der Waals surface area contributed by atoms with Crippen LogP contribution in [0.5, 0.6) is 0 Å². The van der Waals surface area contributed by atoms with Crippen LogP contribution in [-0.4, -0.2) is 65.4 Å². The van der Waals surface area contributed by atoms with Crippen LogP contribution in [0.15, 0.2) is 0 Å². The number of H-pyrrole nitrogens is 1. The second kappa shape index (κ2) is 10.1. The van der Waals surface area contributed by atoms with E-state index in [2.05, 4.69) is 4.98 Å². The van der Waals surface area contributed by atoms with Gasteiger partial charge in [0.15, 0.2) is 0 Å². The number of piperidine rings is 1. The third-order valence-corrected chi connectivity index (χ3v) is 6.45. The SMILES string of the molecule is CCOC(=O)c1[nH]c(C)c(C(=O)N2CCC(CC(=O)N3CCCCCC3)CC2)c1C. The van der Waals surface area contributed by atoms with Crippen LogP contribution >= 0.6 is 0 Å². The van der Waals surface area contributed by atoms with E-state index >= 15 is 0 Å². The highest BCUT2D eigenvalue weighted by atomic mass is 16.5. The van der Waals surface area contributed by atoms with Gasteiger partial charge in [-0.1, -0.05) is 12.8 Å². The highest BCUT2D eigenvalue weighted by Gasteiger charge is 2.30. The van der Waals surface area contributed by atoms with Gasteiger partial charge in [0, 0.05) is 38.3 Å². The van der Waals surface area contributed by atoms with Crippen LogP contribution in [0.25, 0.3) is 0 Å². The maximum Gasteiger partial charge on any atom is 0.355 e. The molecule has 7 heteroatoms. The molecule has 0 spiro atoms. The van der Waals surface area contributed by atoms with Gasteiger partial charge < -0.3 is 19.5 Å². The fourth-order valence-corrected chi connectivity index (χ4v) is 4.67. The van der Waals surface area contributed by atoms with Crippen molar-refractivity contribution in [2.75, 3.05) is 32.8 Å². The highest BCUT2D eigenvalue weighted by Crippen LogP contribution is 2.26. The molecular weight excluding hydrogens is 382 g/mol. The quantitative estimate of drug-likeness (QED) is 0.744. The lowest BCUT2D eigenvalue weighted by molar-refractivity contribution is -0.132. The number of esters is 1. The summed E-state index contributed by atoms with van der Waals surface area (Å²) >= 11 is 0. The first-order valence-electron chi connectivity index (χ1n) is 11.4. The van der Waals surface area contributed by atoms with Crippen molar-refractivity contribution >= 4 is 17.8 Å². The summed E-state index contributed by atoms with van der Waals surface area (Å²) in [6.07, 6.45) is 6.96. The smallest absolute Gasteiger partial charge is 0.355 e. The maximum atomic E-state index is 13.1. The zero-order valence-corrected chi connectivity index (χ0v) is 18.6. The molecule has 3 rings (SSSR count). The Morgan fingerprint density at radius 1 is 0.967 bits per heavy atom. The number of aryl methyl sites for hydroxylation is 1. The predicted octanol–water partition coefficient (Wildman–Crippen LogP) is 3.45. The number of nitrogens with zero attached hydrogens (tertiary/aromatic N) is 2. The van der Waals surface area contributed by atoms with Crippen LogP contribution in [0.3, 0.4) is 0 Å². The van der Waals surface area contributed by atoms with Gasteiger partial charge in [0.2, 0.25) is 5.91 Å². The fraction of sp³-hybridized carbons (Fsp3) is 0.696. The molecule has 1 N–H and O–H groups in total. The fourth-order valence-electron chi connectivity index (χ4n) is 4.67. The van der Waals surface area contributed by atoms with E-state index in [-0.39, 0.29) is 11.8 Å². The van der Waals surface area contributed by atoms with E-state index in [1.54, 1.807) is 13.8 Å². The van der Waals surface area contributed by atoms with Crippen LogP contribution in [0.2, 0.25) is 0 Å². The summed E-state index contributed by atoms with van der Waals surface area (Å²) < 4.78 is 5.08. The highest BCUT2D eigenvalue weighted by molar-refractivity contribution is 6.01. The molecule has 3 heterocycles. The minimum Gasteiger partial charge on any atom is -0.461 e. The number of aromatic amines is 1. The minimum absolute atomic E-state index is 0.0471. The van der Waals surface area contributed by atoms with E-state index in [4.69, 9.17) is 4.74 Å². The molecule has 0 aromatic carbocycles. The second-order valence-electron chi connectivity index (χ2n) is 8.58. The molecule has 2 aliphatic heterocycles. The summed E-state index contributed by atoms with van der Waals surface area (Å²) in [5.41, 5.74) is 2.27. The van der Waals surface area contributed by atoms with Crippen LogP contribution in [0.4, 0.5) is 0 Å². The third-order valence-electron chi connectivity index (χ3n) is 6.45. The van der Waals surface area contributed by atoms with Crippen LogP contribution < -0.4 is 0 Å². The lowest BCUT2D eigenvalue weighted by atomic mass is 9.92. The molecule has 0 saturated carbocycles. The van der Waals surface area contributed by atoms with E-state index in [1.807, 2.05) is 16.7 Å². The summed E-state index contributed by atoms with van der Waals surface area (Å²) in [4.78, 5) is 44.8. The van der Waals surface area contributed by atoms with Crippen molar-refractivity contribution in [3.8, 4) is 0 Å². The average Bonchev–Trinajstić information content (AvgIpc) is 2.91. The zero-order valence-electron chi connectivity index (χ0n) is 18.6. The Labute approximate surface area is 179 Å². The number of hydrogen-bond acceptors (Lipinski definition) is 4. The summed E-state index contributed by atoms with van der Waals surface area (Å²) in [7, 11) is 0. The van der Waals surface area contributed by atoms with Gasteiger partial charge in [0.25, 0.3) is 5.91 Å². The monoisotopic (exact) mass is 417 g/mol. The molecule has 0 radical (unpaired) electrons. The minimum atomic E-state index is -0.428. The maximum absolute atomic E-state index is 13.1. The molecule has 2 saturated heterocycles. The molecule has 0 aliphatic carbocycles. The number of carbonyl (C=O) groups excluding carboxylic acids is 3. The van der Waals surface area contributed by atoms with E-state index in [0.717, 1.165) is 38.8 Å². The standard InChI is InChI=1S/C23H35N3O4/c1-4-30-23(29)21-16(2)20(17(3)24-21)22(28)26-13-9-18(10-14-26)15-19(27)25-11-7-5-6-8-12-25/h18,24H,4-15H2,1-3H3. The predicted molar refractivity (Wildman–Crippen MR) is 115 cm³/mol. The van der Waals surface area contributed by atoms with Gasteiger partial charge in [0.1, 0.15) is 5.69 Å². The molecule has 166 valence electrons. The summed E-state index contributed by atoms with van der Waals surface area (Å²) in [6.45, 7) is 8.74. The zero-order chi connectivity index (χ0) is 21.7. The van der Waals surface area contributed by atoms with Crippen LogP contribution in [0.1, 0.15) is 84.0 Å². The Morgan fingerprint density at radius 3 is 2.20 bits per heavy atom. The van der Waals surface area contributed by atoms with Crippen LogP contribution in [0, 0.1) is 19.8 Å². The average molecular weight is 418 g/mol. The van der Waals surface area contributed by atoms with Crippen molar-refractivity contribution in [3.05, 3.63) is 22.5 Å². The summed E-state index contributed by atoms with van der Waals surface area (Å²) in [5.74, 6) is 0.142. The summed E-state index contributed by atoms with van der Waals surface area (Å²) in [6, 6.07) is 0. The third kappa shape index (κ3) is 5.05. The lowest BCUT2D eigenvalue weighted by Crippen LogP contribution is -2.40. The molecular formula is C23H35N3O4. The molecule has 7 nitrogen and oxygen atoms in total. The van der Waals surface area contributed by atoms with Crippen LogP contribution in [-0.2, 0) is 9.53 Å². The van der Waals surface area contributed by atoms with Gasteiger partial charge in [-0.3, -0.25) is 9.59 Å². The topological polar surface area (TPSA) is 82.7 Å². The Bertz CT molecular complexity index is 770. The Morgan fingerprint density at radius 2 is 1.60 bits per heavy atom. The molecule has 0 atom stereocenters. The molecule has 2 amide bonds. The van der Waals surface area contributed by atoms with E-state index in [1.165, 1.54) is 12.8 Å². The lowest BCUT2D eigenvalue weighted by Gasteiger charge is -2.33. The van der Waals surface area contributed by atoms with E-state index in [0.29, 0.717) is 54.5 Å². The van der Waals surface area contributed by atoms with Gasteiger partial charge in [-0.05, 0) is 57.9 Å². The largest absolute Gasteiger partial charge is 0.461 e. The Balaban J connectivity index is 1.56. The van der Waals surface area contributed by atoms with Gasteiger partial charge in [-0.2, -0.15) is 0 Å². The molecule has 2 fully saturated rings. The first kappa shape index (κ1) is 22.4. The van der Waals surface area contributed by atoms with Gasteiger partial charge >= 0.3 is 5.97 Å². The second-order valence-corrected chi connectivity index (χ2v) is 8.58. The molecule has 1 aromatic rings. The first-order chi connectivity index (χ1) is 14.4. The molecule has 2 aliphatic rings. The summed E-state index contributed by atoms with van der Waals surface area (Å²) in [5, 5.41) is 0. The van der Waals surface area contributed by atoms with E-state index < -0.39 is 5.97 Å². The van der Waals surface area contributed by atoms with Crippen molar-refractivity contribution < 1.29 is 19.1 Å². The number of likely N-dealkylation sites (tertiary alicyclic amines) is 2. The van der Waals surface area contributed by atoms with Crippen molar-refractivity contribution in [3.63, 3.8) is 0 Å². The van der Waals surface area contributed by atoms with Gasteiger partial charge in [-0.25, -0.2) is 4.79 Å². The molecule has 0 bridgehead atoms. The van der Waals surface area contributed by atoms with Crippen molar-refractivity contribution in [1.29, 1.82) is 0 Å². The Hall–Kier alpha value is -2.31. The number of amides is 2. The number of hydrogen-bond donors (Lipinski definition) is 1. The molecule has 0 unspecified atom stereocenters. The normalized spacial score (nSPS) is 18.2. The number of carbonyl (C=O) groups is 3. The Kier molecular flexibility index (Phi) is 7.56.